The number of benzene rings is 2. The Morgan fingerprint density at radius 1 is 1.12 bits per heavy atom. The summed E-state index contributed by atoms with van der Waals surface area (Å²) in [5.74, 6) is -1.39. The van der Waals surface area contributed by atoms with E-state index in [9.17, 15) is 19.2 Å². The summed E-state index contributed by atoms with van der Waals surface area (Å²) in [5.41, 5.74) is -0.496. The van der Waals surface area contributed by atoms with Gasteiger partial charge in [0.05, 0.1) is 17.2 Å². The molecule has 3 aromatic rings. The summed E-state index contributed by atoms with van der Waals surface area (Å²) in [7, 11) is 1.53. The summed E-state index contributed by atoms with van der Waals surface area (Å²) in [6, 6.07) is 13.8. The smallest absolute Gasteiger partial charge is 0.326 e. The molecule has 1 amide bonds. The third kappa shape index (κ3) is 4.33. The molecule has 1 aliphatic rings. The van der Waals surface area contributed by atoms with Crippen molar-refractivity contribution in [3.63, 3.8) is 0 Å². The summed E-state index contributed by atoms with van der Waals surface area (Å²) in [6.45, 7) is -0.952. The Morgan fingerprint density at radius 3 is 2.62 bits per heavy atom. The van der Waals surface area contributed by atoms with Crippen LogP contribution in [0, 0.1) is 0 Å². The van der Waals surface area contributed by atoms with E-state index >= 15 is 0 Å². The van der Waals surface area contributed by atoms with Crippen LogP contribution in [0.3, 0.4) is 0 Å². The predicted molar refractivity (Wildman–Crippen MR) is 126 cm³/mol. The molecular weight excluding hydrogens is 458 g/mol. The van der Waals surface area contributed by atoms with Crippen molar-refractivity contribution in [3.05, 3.63) is 75.8 Å². The van der Waals surface area contributed by atoms with Gasteiger partial charge in [-0.15, -0.1) is 0 Å². The molecule has 1 atom stereocenters. The first-order valence-corrected chi connectivity index (χ1v) is 11.4. The summed E-state index contributed by atoms with van der Waals surface area (Å²) in [4.78, 5) is 56.7. The Kier molecular flexibility index (Phi) is 6.79. The number of ketones is 1. The second-order valence-corrected chi connectivity index (χ2v) is 8.69. The van der Waals surface area contributed by atoms with Gasteiger partial charge in [-0.05, 0) is 37.5 Å². The Hall–Kier alpha value is -3.52. The second-order valence-electron chi connectivity index (χ2n) is 8.28. The van der Waals surface area contributed by atoms with E-state index in [1.54, 1.807) is 48.5 Å². The lowest BCUT2D eigenvalue weighted by molar-refractivity contribution is -0.158. The number of nitrogens with zero attached hydrogens (tertiary/aromatic N) is 3. The zero-order valence-corrected chi connectivity index (χ0v) is 19.5. The van der Waals surface area contributed by atoms with Crippen LogP contribution in [0.5, 0.6) is 0 Å². The minimum atomic E-state index is -1.21. The number of carbonyl (C=O) groups is 3. The van der Waals surface area contributed by atoms with E-state index in [-0.39, 0.29) is 17.9 Å². The first-order chi connectivity index (χ1) is 16.3. The van der Waals surface area contributed by atoms with Gasteiger partial charge in [-0.25, -0.2) is 4.98 Å². The van der Waals surface area contributed by atoms with E-state index in [0.29, 0.717) is 34.3 Å². The van der Waals surface area contributed by atoms with Crippen LogP contribution in [-0.2, 0) is 31.2 Å². The van der Waals surface area contributed by atoms with Crippen molar-refractivity contribution in [3.8, 4) is 0 Å². The van der Waals surface area contributed by atoms with Crippen LogP contribution >= 0.6 is 11.6 Å². The highest BCUT2D eigenvalue weighted by Gasteiger charge is 2.48. The molecule has 1 aliphatic carbocycles. The molecule has 0 radical (unpaired) electrons. The molecule has 0 N–H and O–H groups in total. The molecule has 1 fully saturated rings. The number of fused-ring (bicyclic) bond motifs is 1. The zero-order valence-electron chi connectivity index (χ0n) is 18.7. The molecule has 1 unspecified atom stereocenters. The third-order valence-electron chi connectivity index (χ3n) is 6.31. The van der Waals surface area contributed by atoms with Crippen molar-refractivity contribution in [1.82, 2.24) is 14.5 Å². The summed E-state index contributed by atoms with van der Waals surface area (Å²) < 4.78 is 6.30. The first kappa shape index (κ1) is 23.6. The van der Waals surface area contributed by atoms with Gasteiger partial charge in [0.2, 0.25) is 0 Å². The summed E-state index contributed by atoms with van der Waals surface area (Å²) in [6.07, 6.45) is 3.54. The van der Waals surface area contributed by atoms with E-state index in [1.807, 2.05) is 0 Å². The van der Waals surface area contributed by atoms with Crippen LogP contribution in [0.15, 0.2) is 59.7 Å². The van der Waals surface area contributed by atoms with Crippen LogP contribution in [0.25, 0.3) is 10.9 Å². The lowest BCUT2D eigenvalue weighted by Crippen LogP contribution is -2.55. The van der Waals surface area contributed by atoms with Gasteiger partial charge in [0.25, 0.3) is 11.5 Å². The number of halogens is 1. The van der Waals surface area contributed by atoms with Gasteiger partial charge in [-0.1, -0.05) is 41.9 Å². The normalized spacial score (nSPS) is 18.0. The Labute approximate surface area is 201 Å². The highest BCUT2D eigenvalue weighted by molar-refractivity contribution is 6.31. The highest BCUT2D eigenvalue weighted by Crippen LogP contribution is 2.42. The number of hydrogen-bond acceptors (Lipinski definition) is 6. The second kappa shape index (κ2) is 9.77. The molecular formula is C25H24ClN3O5. The Balaban J connectivity index is 1.49. The average Bonchev–Trinajstić information content (AvgIpc) is 2.85. The van der Waals surface area contributed by atoms with Crippen molar-refractivity contribution in [2.45, 2.75) is 37.8 Å². The molecule has 0 bridgehead atoms. The number of carbonyl (C=O) groups excluding carboxylic acids is 3. The highest BCUT2D eigenvalue weighted by atomic mass is 35.5. The first-order valence-electron chi connectivity index (χ1n) is 11.0. The van der Waals surface area contributed by atoms with Crippen molar-refractivity contribution in [2.24, 2.45) is 0 Å². The number of aromatic nitrogens is 2. The van der Waals surface area contributed by atoms with Gasteiger partial charge in [0.15, 0.2) is 12.4 Å². The van der Waals surface area contributed by atoms with E-state index in [2.05, 4.69) is 4.98 Å². The van der Waals surface area contributed by atoms with Gasteiger partial charge in [-0.2, -0.15) is 0 Å². The summed E-state index contributed by atoms with van der Waals surface area (Å²) in [5, 5.41) is 0.781. The van der Waals surface area contributed by atoms with Gasteiger partial charge < -0.3 is 9.64 Å². The Bertz CT molecular complexity index is 1320. The van der Waals surface area contributed by atoms with Crippen LogP contribution in [0.1, 0.15) is 31.2 Å². The topological polar surface area (TPSA) is 98.6 Å². The number of amides is 1. The SMILES string of the molecule is CN(C(=O)COC(=O)Cn1cnc2ccccc2c1=O)C1(c2ccccc2Cl)CCCCC1=O. The number of Topliss-reactive ketones (excluding diaryl/α,β-unsaturated/α-hetero) is 1. The maximum absolute atomic E-state index is 13.1. The van der Waals surface area contributed by atoms with E-state index in [4.69, 9.17) is 16.3 Å². The quantitative estimate of drug-likeness (QED) is 0.502. The molecule has 9 heteroatoms. The van der Waals surface area contributed by atoms with Gasteiger partial charge in [0, 0.05) is 24.1 Å². The van der Waals surface area contributed by atoms with Crippen molar-refractivity contribution in [1.29, 1.82) is 0 Å². The van der Waals surface area contributed by atoms with Gasteiger partial charge >= 0.3 is 5.97 Å². The number of para-hydroxylation sites is 1. The number of esters is 1. The minimum absolute atomic E-state index is 0.0946. The third-order valence-corrected chi connectivity index (χ3v) is 6.64. The van der Waals surface area contributed by atoms with Gasteiger partial charge in [0.1, 0.15) is 12.1 Å². The molecule has 176 valence electrons. The van der Waals surface area contributed by atoms with E-state index < -0.39 is 24.0 Å². The largest absolute Gasteiger partial charge is 0.454 e. The molecule has 1 heterocycles. The van der Waals surface area contributed by atoms with Crippen LogP contribution in [0.2, 0.25) is 5.02 Å². The predicted octanol–water partition coefficient (Wildman–Crippen LogP) is 3.09. The van der Waals surface area contributed by atoms with E-state index in [0.717, 1.165) is 17.4 Å². The number of rotatable bonds is 6. The summed E-state index contributed by atoms with van der Waals surface area (Å²) >= 11 is 6.42. The standard InChI is InChI=1S/C25H24ClN3O5/c1-28(25(13-7-6-12-21(25)30)18-9-3-4-10-19(18)26)22(31)15-34-23(32)14-29-16-27-20-11-5-2-8-17(20)24(29)33/h2-5,8-11,16H,6-7,12-15H2,1H3. The fourth-order valence-corrected chi connectivity index (χ4v) is 4.78. The van der Waals surface area contributed by atoms with Gasteiger partial charge in [-0.3, -0.25) is 23.7 Å². The zero-order chi connectivity index (χ0) is 24.3. The molecule has 8 nitrogen and oxygen atoms in total. The molecule has 34 heavy (non-hydrogen) atoms. The lowest BCUT2D eigenvalue weighted by Gasteiger charge is -2.43. The van der Waals surface area contributed by atoms with E-state index in [1.165, 1.54) is 18.3 Å². The van der Waals surface area contributed by atoms with Crippen LogP contribution < -0.4 is 5.56 Å². The fourth-order valence-electron chi connectivity index (χ4n) is 4.48. The number of likely N-dealkylation sites (N-methyl/N-ethyl adjacent to an activating group) is 1. The lowest BCUT2D eigenvalue weighted by atomic mass is 9.74. The average molecular weight is 482 g/mol. The fraction of sp³-hybridized carbons (Fsp3) is 0.320. The Morgan fingerprint density at radius 2 is 1.85 bits per heavy atom. The molecule has 4 rings (SSSR count). The van der Waals surface area contributed by atoms with Crippen molar-refractivity contribution < 1.29 is 19.1 Å². The minimum Gasteiger partial charge on any atom is -0.454 e. The maximum Gasteiger partial charge on any atom is 0.326 e. The number of hydrogen-bond donors (Lipinski definition) is 0. The molecule has 0 aliphatic heterocycles. The number of ether oxygens (including phenoxy) is 1. The van der Waals surface area contributed by atoms with Crippen LogP contribution in [0.4, 0.5) is 0 Å². The molecule has 1 saturated carbocycles. The van der Waals surface area contributed by atoms with Crippen LogP contribution in [-0.4, -0.2) is 45.8 Å². The molecule has 1 aromatic heterocycles. The maximum atomic E-state index is 13.1. The molecule has 2 aromatic carbocycles. The molecule has 0 saturated heterocycles. The molecule has 0 spiro atoms. The van der Waals surface area contributed by atoms with Crippen molar-refractivity contribution in [2.75, 3.05) is 13.7 Å². The van der Waals surface area contributed by atoms with Crippen molar-refractivity contribution >= 4 is 40.2 Å². The monoisotopic (exact) mass is 481 g/mol.